The lowest BCUT2D eigenvalue weighted by Gasteiger charge is -2.22. The summed E-state index contributed by atoms with van der Waals surface area (Å²) >= 11 is 6.19. The molecule has 1 N–H and O–H groups in total. The van der Waals surface area contributed by atoms with Crippen molar-refractivity contribution in [3.63, 3.8) is 0 Å². The van der Waals surface area contributed by atoms with E-state index < -0.39 is 0 Å². The van der Waals surface area contributed by atoms with Crippen molar-refractivity contribution in [1.82, 2.24) is 15.1 Å². The molecule has 0 bridgehead atoms. The highest BCUT2D eigenvalue weighted by molar-refractivity contribution is 6.31. The molecule has 2 rings (SSSR count). The van der Waals surface area contributed by atoms with E-state index in [1.54, 1.807) is 0 Å². The van der Waals surface area contributed by atoms with Crippen molar-refractivity contribution in [2.75, 3.05) is 13.2 Å². The summed E-state index contributed by atoms with van der Waals surface area (Å²) in [5.41, 5.74) is 1.93. The summed E-state index contributed by atoms with van der Waals surface area (Å²) in [7, 11) is 1.93. The topological polar surface area (TPSA) is 39.1 Å². The van der Waals surface area contributed by atoms with Crippen LogP contribution in [0, 0.1) is 6.92 Å². The maximum absolute atomic E-state index is 6.19. The maximum atomic E-state index is 6.19. The second kappa shape index (κ2) is 7.27. The summed E-state index contributed by atoms with van der Waals surface area (Å²) in [5.74, 6) is 0. The Hall–Kier alpha value is -0.580. The van der Waals surface area contributed by atoms with E-state index in [9.17, 15) is 0 Å². The highest BCUT2D eigenvalue weighted by atomic mass is 35.5. The second-order valence-electron chi connectivity index (χ2n) is 5.28. The lowest BCUT2D eigenvalue weighted by atomic mass is 9.98. The summed E-state index contributed by atoms with van der Waals surface area (Å²) in [4.78, 5) is 0. The van der Waals surface area contributed by atoms with E-state index in [1.807, 2.05) is 18.7 Å². The van der Waals surface area contributed by atoms with Crippen molar-refractivity contribution in [3.05, 3.63) is 16.4 Å². The fourth-order valence-corrected chi connectivity index (χ4v) is 2.84. The molecule has 0 radical (unpaired) electrons. The first-order valence-corrected chi connectivity index (χ1v) is 7.56. The number of hydrogen-bond acceptors (Lipinski definition) is 3. The van der Waals surface area contributed by atoms with E-state index in [0.717, 1.165) is 36.1 Å². The predicted molar refractivity (Wildman–Crippen MR) is 77.5 cm³/mol. The van der Waals surface area contributed by atoms with Crippen molar-refractivity contribution in [3.8, 4) is 0 Å². The molecule has 0 amide bonds. The van der Waals surface area contributed by atoms with Crippen LogP contribution in [0.5, 0.6) is 0 Å². The molecule has 1 aliphatic rings. The van der Waals surface area contributed by atoms with E-state index in [-0.39, 0.29) is 0 Å². The lowest BCUT2D eigenvalue weighted by Crippen LogP contribution is -2.25. The van der Waals surface area contributed by atoms with Gasteiger partial charge in [-0.1, -0.05) is 30.9 Å². The van der Waals surface area contributed by atoms with Gasteiger partial charge in [-0.25, -0.2) is 0 Å². The van der Waals surface area contributed by atoms with Gasteiger partial charge in [-0.2, -0.15) is 5.10 Å². The van der Waals surface area contributed by atoms with Gasteiger partial charge in [-0.05, 0) is 19.8 Å². The SMILES string of the molecule is Cc1nn(C)c(CNCCOC2CCCCC2)c1Cl. The van der Waals surface area contributed by atoms with Gasteiger partial charge in [0.05, 0.1) is 29.1 Å². The van der Waals surface area contributed by atoms with Gasteiger partial charge in [-0.3, -0.25) is 4.68 Å². The summed E-state index contributed by atoms with van der Waals surface area (Å²) in [6.07, 6.45) is 6.96. The maximum Gasteiger partial charge on any atom is 0.0860 e. The van der Waals surface area contributed by atoms with E-state index in [0.29, 0.717) is 6.10 Å². The average Bonchev–Trinajstić information content (AvgIpc) is 2.65. The van der Waals surface area contributed by atoms with Gasteiger partial charge < -0.3 is 10.1 Å². The second-order valence-corrected chi connectivity index (χ2v) is 5.66. The summed E-state index contributed by atoms with van der Waals surface area (Å²) in [6, 6.07) is 0. The zero-order valence-electron chi connectivity index (χ0n) is 11.9. The molecule has 1 aliphatic carbocycles. The van der Waals surface area contributed by atoms with Gasteiger partial charge in [0.1, 0.15) is 0 Å². The van der Waals surface area contributed by atoms with Crippen LogP contribution in [0.15, 0.2) is 0 Å². The van der Waals surface area contributed by atoms with Crippen LogP contribution in [-0.4, -0.2) is 29.0 Å². The Morgan fingerprint density at radius 2 is 2.11 bits per heavy atom. The zero-order valence-corrected chi connectivity index (χ0v) is 12.7. The van der Waals surface area contributed by atoms with Gasteiger partial charge in [0.25, 0.3) is 0 Å². The first-order chi connectivity index (χ1) is 9.18. The highest BCUT2D eigenvalue weighted by Gasteiger charge is 2.13. The van der Waals surface area contributed by atoms with Crippen LogP contribution in [0.25, 0.3) is 0 Å². The Morgan fingerprint density at radius 1 is 1.37 bits per heavy atom. The normalized spacial score (nSPS) is 17.0. The summed E-state index contributed by atoms with van der Waals surface area (Å²) in [6.45, 7) is 4.30. The summed E-state index contributed by atoms with van der Waals surface area (Å²) < 4.78 is 7.71. The summed E-state index contributed by atoms with van der Waals surface area (Å²) in [5, 5.41) is 8.43. The number of aromatic nitrogens is 2. The third kappa shape index (κ3) is 4.20. The third-order valence-electron chi connectivity index (χ3n) is 3.74. The van der Waals surface area contributed by atoms with E-state index >= 15 is 0 Å². The van der Waals surface area contributed by atoms with E-state index in [4.69, 9.17) is 16.3 Å². The number of nitrogens with one attached hydrogen (secondary N) is 1. The minimum atomic E-state index is 0.484. The standard InChI is InChI=1S/C14H24ClN3O/c1-11-14(15)13(18(2)17-11)10-16-8-9-19-12-6-4-3-5-7-12/h12,16H,3-10H2,1-2H3. The molecule has 0 atom stereocenters. The minimum absolute atomic E-state index is 0.484. The Morgan fingerprint density at radius 3 is 2.74 bits per heavy atom. The molecule has 19 heavy (non-hydrogen) atoms. The predicted octanol–water partition coefficient (Wildman–Crippen LogP) is 2.82. The quantitative estimate of drug-likeness (QED) is 0.817. The number of ether oxygens (including phenoxy) is 1. The van der Waals surface area contributed by atoms with Crippen LogP contribution >= 0.6 is 11.6 Å². The molecule has 1 fully saturated rings. The molecule has 1 aromatic rings. The monoisotopic (exact) mass is 285 g/mol. The molecule has 1 aromatic heterocycles. The van der Waals surface area contributed by atoms with Gasteiger partial charge >= 0.3 is 0 Å². The van der Waals surface area contributed by atoms with Crippen LogP contribution < -0.4 is 5.32 Å². The van der Waals surface area contributed by atoms with Gasteiger partial charge in [0.2, 0.25) is 0 Å². The number of hydrogen-bond donors (Lipinski definition) is 1. The smallest absolute Gasteiger partial charge is 0.0860 e. The number of halogens is 1. The Balaban J connectivity index is 1.63. The average molecular weight is 286 g/mol. The first-order valence-electron chi connectivity index (χ1n) is 7.18. The Bertz CT molecular complexity index is 400. The molecular formula is C14H24ClN3O. The molecule has 0 spiro atoms. The van der Waals surface area contributed by atoms with Crippen molar-refractivity contribution in [1.29, 1.82) is 0 Å². The highest BCUT2D eigenvalue weighted by Crippen LogP contribution is 2.20. The van der Waals surface area contributed by atoms with Gasteiger partial charge in [0.15, 0.2) is 0 Å². The van der Waals surface area contributed by atoms with Crippen molar-refractivity contribution < 1.29 is 4.74 Å². The Kier molecular flexibility index (Phi) is 5.67. The van der Waals surface area contributed by atoms with Crippen LogP contribution in [0.2, 0.25) is 5.02 Å². The molecule has 1 heterocycles. The number of nitrogens with zero attached hydrogens (tertiary/aromatic N) is 2. The van der Waals surface area contributed by atoms with Gasteiger partial charge in [0, 0.05) is 20.1 Å². The van der Waals surface area contributed by atoms with Crippen LogP contribution in [0.3, 0.4) is 0 Å². The number of aryl methyl sites for hydroxylation is 2. The van der Waals surface area contributed by atoms with Crippen LogP contribution in [0.1, 0.15) is 43.5 Å². The fraction of sp³-hybridized carbons (Fsp3) is 0.786. The van der Waals surface area contributed by atoms with Gasteiger partial charge in [-0.15, -0.1) is 0 Å². The first kappa shape index (κ1) is 14.8. The fourth-order valence-electron chi connectivity index (χ4n) is 2.61. The van der Waals surface area contributed by atoms with E-state index in [2.05, 4.69) is 10.4 Å². The molecule has 0 saturated heterocycles. The zero-order chi connectivity index (χ0) is 13.7. The Labute approximate surface area is 120 Å². The molecule has 4 nitrogen and oxygen atoms in total. The van der Waals surface area contributed by atoms with Crippen LogP contribution in [0.4, 0.5) is 0 Å². The molecule has 0 aliphatic heterocycles. The minimum Gasteiger partial charge on any atom is -0.377 e. The van der Waals surface area contributed by atoms with Crippen molar-refractivity contribution >= 4 is 11.6 Å². The molecule has 0 unspecified atom stereocenters. The third-order valence-corrected chi connectivity index (χ3v) is 4.23. The molecular weight excluding hydrogens is 262 g/mol. The van der Waals surface area contributed by atoms with Crippen molar-refractivity contribution in [2.24, 2.45) is 7.05 Å². The van der Waals surface area contributed by atoms with Crippen LogP contribution in [-0.2, 0) is 18.3 Å². The molecule has 108 valence electrons. The number of rotatable bonds is 6. The molecule has 5 heteroatoms. The molecule has 0 aromatic carbocycles. The molecule has 1 saturated carbocycles. The van der Waals surface area contributed by atoms with Crippen molar-refractivity contribution in [2.45, 2.75) is 51.7 Å². The van der Waals surface area contributed by atoms with E-state index in [1.165, 1.54) is 32.1 Å². The lowest BCUT2D eigenvalue weighted by molar-refractivity contribution is 0.0302. The largest absolute Gasteiger partial charge is 0.377 e.